The summed E-state index contributed by atoms with van der Waals surface area (Å²) < 4.78 is 0. The Bertz CT molecular complexity index is 374. The fourth-order valence-corrected chi connectivity index (χ4v) is 1.99. The number of hydrogen-bond acceptors (Lipinski definition) is 2. The van der Waals surface area contributed by atoms with Crippen molar-refractivity contribution >= 4 is 5.97 Å². The van der Waals surface area contributed by atoms with E-state index in [2.05, 4.69) is 4.98 Å². The van der Waals surface area contributed by atoms with Gasteiger partial charge in [0.05, 0.1) is 11.6 Å². The van der Waals surface area contributed by atoms with Crippen molar-refractivity contribution in [3.8, 4) is 0 Å². The summed E-state index contributed by atoms with van der Waals surface area (Å²) in [6.45, 7) is 1.90. The second-order valence-electron chi connectivity index (χ2n) is 3.78. The van der Waals surface area contributed by atoms with Crippen molar-refractivity contribution in [3.05, 3.63) is 29.1 Å². The van der Waals surface area contributed by atoms with Gasteiger partial charge in [-0.1, -0.05) is 6.07 Å². The van der Waals surface area contributed by atoms with Crippen LogP contribution in [0.2, 0.25) is 0 Å². The molecule has 0 bridgehead atoms. The SMILES string of the molecule is Cc1ccc2c(n1)C(C(=O)O)CCC2. The molecule has 0 aromatic carbocycles. The van der Waals surface area contributed by atoms with Crippen molar-refractivity contribution in [2.75, 3.05) is 0 Å². The van der Waals surface area contributed by atoms with Gasteiger partial charge in [-0.25, -0.2) is 0 Å². The van der Waals surface area contributed by atoms with Gasteiger partial charge >= 0.3 is 5.97 Å². The minimum absolute atomic E-state index is 0.390. The lowest BCUT2D eigenvalue weighted by Gasteiger charge is -2.21. The zero-order chi connectivity index (χ0) is 10.1. The fourth-order valence-electron chi connectivity index (χ4n) is 1.99. The molecule has 1 aromatic heterocycles. The average molecular weight is 191 g/mol. The number of fused-ring (bicyclic) bond motifs is 1. The van der Waals surface area contributed by atoms with Crippen LogP contribution in [0, 0.1) is 6.92 Å². The first-order valence-electron chi connectivity index (χ1n) is 4.87. The van der Waals surface area contributed by atoms with Crippen LogP contribution in [-0.2, 0) is 11.2 Å². The summed E-state index contributed by atoms with van der Waals surface area (Å²) in [6, 6.07) is 3.95. The van der Waals surface area contributed by atoms with E-state index >= 15 is 0 Å². The van der Waals surface area contributed by atoms with Crippen LogP contribution in [0.25, 0.3) is 0 Å². The van der Waals surface area contributed by atoms with E-state index in [0.29, 0.717) is 0 Å². The van der Waals surface area contributed by atoms with Crippen molar-refractivity contribution in [2.45, 2.75) is 32.1 Å². The highest BCUT2D eigenvalue weighted by Gasteiger charge is 2.27. The van der Waals surface area contributed by atoms with E-state index < -0.39 is 11.9 Å². The number of aryl methyl sites for hydroxylation is 2. The van der Waals surface area contributed by atoms with Gasteiger partial charge in [-0.3, -0.25) is 9.78 Å². The van der Waals surface area contributed by atoms with E-state index in [1.165, 1.54) is 0 Å². The number of aromatic nitrogens is 1. The number of carboxylic acid groups (broad SMARTS) is 1. The Morgan fingerprint density at radius 2 is 2.36 bits per heavy atom. The third-order valence-electron chi connectivity index (χ3n) is 2.72. The van der Waals surface area contributed by atoms with Gasteiger partial charge in [0.25, 0.3) is 0 Å². The molecule has 74 valence electrons. The third kappa shape index (κ3) is 1.50. The monoisotopic (exact) mass is 191 g/mol. The molecule has 1 atom stereocenters. The molecule has 0 radical (unpaired) electrons. The predicted molar refractivity (Wildman–Crippen MR) is 52.3 cm³/mol. The van der Waals surface area contributed by atoms with Crippen LogP contribution < -0.4 is 0 Å². The van der Waals surface area contributed by atoms with E-state index in [0.717, 1.165) is 36.2 Å². The molecule has 3 nitrogen and oxygen atoms in total. The van der Waals surface area contributed by atoms with Crippen LogP contribution in [0.3, 0.4) is 0 Å². The Balaban J connectivity index is 2.46. The molecule has 3 heteroatoms. The lowest BCUT2D eigenvalue weighted by atomic mass is 9.86. The molecule has 0 saturated heterocycles. The average Bonchev–Trinajstić information content (AvgIpc) is 2.16. The highest BCUT2D eigenvalue weighted by atomic mass is 16.4. The van der Waals surface area contributed by atoms with Crippen LogP contribution in [0.15, 0.2) is 12.1 Å². The number of carbonyl (C=O) groups is 1. The van der Waals surface area contributed by atoms with Crippen LogP contribution >= 0.6 is 0 Å². The molecule has 1 aliphatic rings. The largest absolute Gasteiger partial charge is 0.481 e. The Morgan fingerprint density at radius 3 is 3.07 bits per heavy atom. The molecule has 1 aromatic rings. The number of carboxylic acids is 1. The van der Waals surface area contributed by atoms with Crippen molar-refractivity contribution in [3.63, 3.8) is 0 Å². The Kier molecular flexibility index (Phi) is 2.23. The number of rotatable bonds is 1. The van der Waals surface area contributed by atoms with Gasteiger partial charge < -0.3 is 5.11 Å². The zero-order valence-electron chi connectivity index (χ0n) is 8.16. The van der Waals surface area contributed by atoms with Gasteiger partial charge in [0.15, 0.2) is 0 Å². The molecular formula is C11H13NO2. The molecule has 0 amide bonds. The predicted octanol–water partition coefficient (Wildman–Crippen LogP) is 1.89. The summed E-state index contributed by atoms with van der Waals surface area (Å²) in [5.41, 5.74) is 2.79. The van der Waals surface area contributed by atoms with E-state index in [4.69, 9.17) is 5.11 Å². The Hall–Kier alpha value is -1.38. The molecule has 1 heterocycles. The standard InChI is InChI=1S/C11H13NO2/c1-7-5-6-8-3-2-4-9(11(13)14)10(8)12-7/h5-6,9H,2-4H2,1H3,(H,13,14). The Labute approximate surface area is 82.8 Å². The second-order valence-corrected chi connectivity index (χ2v) is 3.78. The van der Waals surface area contributed by atoms with E-state index in [1.54, 1.807) is 0 Å². The maximum absolute atomic E-state index is 11.0. The molecule has 0 fully saturated rings. The first kappa shape index (κ1) is 9.19. The number of aliphatic carboxylic acids is 1. The quantitative estimate of drug-likeness (QED) is 0.737. The van der Waals surface area contributed by atoms with Gasteiger partial charge in [0.1, 0.15) is 0 Å². The molecule has 1 unspecified atom stereocenters. The van der Waals surface area contributed by atoms with Gasteiger partial charge in [-0.2, -0.15) is 0 Å². The second kappa shape index (κ2) is 3.40. The number of pyridine rings is 1. The molecule has 0 spiro atoms. The van der Waals surface area contributed by atoms with Crippen LogP contribution in [-0.4, -0.2) is 16.1 Å². The van der Waals surface area contributed by atoms with Gasteiger partial charge in [0.2, 0.25) is 0 Å². The molecule has 0 aliphatic heterocycles. The number of nitrogens with zero attached hydrogens (tertiary/aromatic N) is 1. The highest BCUT2D eigenvalue weighted by molar-refractivity contribution is 5.76. The molecular weight excluding hydrogens is 178 g/mol. The molecule has 14 heavy (non-hydrogen) atoms. The van der Waals surface area contributed by atoms with Gasteiger partial charge in [-0.05, 0) is 37.8 Å². The summed E-state index contributed by atoms with van der Waals surface area (Å²) in [6.07, 6.45) is 2.64. The summed E-state index contributed by atoms with van der Waals surface area (Å²) in [7, 11) is 0. The van der Waals surface area contributed by atoms with Crippen molar-refractivity contribution in [1.82, 2.24) is 4.98 Å². The maximum atomic E-state index is 11.0. The summed E-state index contributed by atoms with van der Waals surface area (Å²) in [5.74, 6) is -1.14. The van der Waals surface area contributed by atoms with Crippen molar-refractivity contribution < 1.29 is 9.90 Å². The zero-order valence-corrected chi connectivity index (χ0v) is 8.16. The highest BCUT2D eigenvalue weighted by Crippen LogP contribution is 2.30. The molecule has 1 aliphatic carbocycles. The maximum Gasteiger partial charge on any atom is 0.312 e. The lowest BCUT2D eigenvalue weighted by molar-refractivity contribution is -0.139. The van der Waals surface area contributed by atoms with Gasteiger partial charge in [-0.15, -0.1) is 0 Å². The van der Waals surface area contributed by atoms with E-state index in [-0.39, 0.29) is 0 Å². The fraction of sp³-hybridized carbons (Fsp3) is 0.455. The molecule has 1 N–H and O–H groups in total. The third-order valence-corrected chi connectivity index (χ3v) is 2.72. The molecule has 2 rings (SSSR count). The van der Waals surface area contributed by atoms with E-state index in [1.807, 2.05) is 19.1 Å². The normalized spacial score (nSPS) is 20.2. The van der Waals surface area contributed by atoms with Gasteiger partial charge in [0, 0.05) is 5.69 Å². The minimum atomic E-state index is -0.746. The van der Waals surface area contributed by atoms with Crippen LogP contribution in [0.5, 0.6) is 0 Å². The smallest absolute Gasteiger partial charge is 0.312 e. The first-order valence-corrected chi connectivity index (χ1v) is 4.87. The van der Waals surface area contributed by atoms with Crippen molar-refractivity contribution in [1.29, 1.82) is 0 Å². The topological polar surface area (TPSA) is 50.2 Å². The number of hydrogen-bond donors (Lipinski definition) is 1. The summed E-state index contributed by atoms with van der Waals surface area (Å²) in [5, 5.41) is 9.04. The summed E-state index contributed by atoms with van der Waals surface area (Å²) >= 11 is 0. The Morgan fingerprint density at radius 1 is 1.57 bits per heavy atom. The van der Waals surface area contributed by atoms with Crippen molar-refractivity contribution in [2.24, 2.45) is 0 Å². The first-order chi connectivity index (χ1) is 6.68. The lowest BCUT2D eigenvalue weighted by Crippen LogP contribution is -2.19. The summed E-state index contributed by atoms with van der Waals surface area (Å²) in [4.78, 5) is 15.3. The van der Waals surface area contributed by atoms with Crippen LogP contribution in [0.1, 0.15) is 35.7 Å². The van der Waals surface area contributed by atoms with E-state index in [9.17, 15) is 4.79 Å². The minimum Gasteiger partial charge on any atom is -0.481 e. The molecule has 0 saturated carbocycles. The van der Waals surface area contributed by atoms with Crippen LogP contribution in [0.4, 0.5) is 0 Å².